The van der Waals surface area contributed by atoms with Gasteiger partial charge in [-0.3, -0.25) is 0 Å². The minimum Gasteiger partial charge on any atom is -0.383 e. The molecular formula is C15H16BrClN4OS2. The number of halogens is 2. The Morgan fingerprint density at radius 3 is 3.04 bits per heavy atom. The van der Waals surface area contributed by atoms with Crippen LogP contribution in [0.15, 0.2) is 22.1 Å². The zero-order valence-corrected chi connectivity index (χ0v) is 16.9. The summed E-state index contributed by atoms with van der Waals surface area (Å²) in [6, 6.07) is 1.79. The molecule has 3 rings (SSSR count). The number of anilines is 1. The molecule has 3 aromatic rings. The van der Waals surface area contributed by atoms with Crippen LogP contribution < -0.4 is 11.1 Å². The summed E-state index contributed by atoms with van der Waals surface area (Å²) in [5, 5.41) is 6.84. The highest BCUT2D eigenvalue weighted by atomic mass is 79.9. The molecule has 0 aliphatic rings. The predicted molar refractivity (Wildman–Crippen MR) is 105 cm³/mol. The minimum atomic E-state index is -0.0541. The van der Waals surface area contributed by atoms with Gasteiger partial charge >= 0.3 is 0 Å². The molecule has 0 aliphatic carbocycles. The Hall–Kier alpha value is -0.770. The molecule has 0 amide bonds. The van der Waals surface area contributed by atoms with Gasteiger partial charge in [-0.1, -0.05) is 11.6 Å². The van der Waals surface area contributed by atoms with E-state index < -0.39 is 0 Å². The highest BCUT2D eigenvalue weighted by molar-refractivity contribution is 9.10. The molecule has 5 nitrogen and oxygen atoms in total. The zero-order valence-electron chi connectivity index (χ0n) is 12.9. The Bertz CT molecular complexity index is 825. The van der Waals surface area contributed by atoms with E-state index in [0.29, 0.717) is 18.3 Å². The number of aromatic nitrogens is 2. The molecule has 24 heavy (non-hydrogen) atoms. The Balaban J connectivity index is 1.91. The van der Waals surface area contributed by atoms with E-state index >= 15 is 0 Å². The monoisotopic (exact) mass is 446 g/mol. The van der Waals surface area contributed by atoms with Crippen LogP contribution in [0.5, 0.6) is 0 Å². The van der Waals surface area contributed by atoms with Gasteiger partial charge in [-0.05, 0) is 15.9 Å². The molecule has 0 saturated heterocycles. The van der Waals surface area contributed by atoms with E-state index in [0.717, 1.165) is 36.7 Å². The summed E-state index contributed by atoms with van der Waals surface area (Å²) in [5.41, 5.74) is 7.90. The molecule has 3 heterocycles. The van der Waals surface area contributed by atoms with Gasteiger partial charge in [0.2, 0.25) is 0 Å². The summed E-state index contributed by atoms with van der Waals surface area (Å²) in [6.07, 6.45) is 2.52. The Kier molecular flexibility index (Phi) is 6.07. The number of ether oxygens (including phenoxy) is 1. The van der Waals surface area contributed by atoms with Gasteiger partial charge in [0.05, 0.1) is 33.5 Å². The first-order chi connectivity index (χ1) is 11.6. The molecular weight excluding hydrogens is 432 g/mol. The second-order valence-corrected chi connectivity index (χ2v) is 8.47. The van der Waals surface area contributed by atoms with Crippen molar-refractivity contribution in [1.29, 1.82) is 0 Å². The summed E-state index contributed by atoms with van der Waals surface area (Å²) < 4.78 is 7.13. The molecule has 9 heteroatoms. The summed E-state index contributed by atoms with van der Waals surface area (Å²) in [7, 11) is 1.65. The molecule has 0 bridgehead atoms. The summed E-state index contributed by atoms with van der Waals surface area (Å²) in [5.74, 6) is 0. The van der Waals surface area contributed by atoms with Crippen molar-refractivity contribution in [3.63, 3.8) is 0 Å². The van der Waals surface area contributed by atoms with E-state index in [9.17, 15) is 0 Å². The topological polar surface area (TPSA) is 73.1 Å². The first kappa shape index (κ1) is 18.0. The third-order valence-corrected chi connectivity index (χ3v) is 6.69. The van der Waals surface area contributed by atoms with Crippen LogP contribution in [0.3, 0.4) is 0 Å². The Morgan fingerprint density at radius 1 is 1.50 bits per heavy atom. The summed E-state index contributed by atoms with van der Waals surface area (Å²) >= 11 is 13.1. The number of hydrogen-bond donors (Lipinski definition) is 2. The predicted octanol–water partition coefficient (Wildman–Crippen LogP) is 4.30. The largest absolute Gasteiger partial charge is 0.383 e. The van der Waals surface area contributed by atoms with Gasteiger partial charge in [0, 0.05) is 42.1 Å². The van der Waals surface area contributed by atoms with E-state index in [1.54, 1.807) is 36.0 Å². The van der Waals surface area contributed by atoms with E-state index in [4.69, 9.17) is 22.1 Å². The van der Waals surface area contributed by atoms with Gasteiger partial charge in [0.1, 0.15) is 10.2 Å². The number of hydrogen-bond acceptors (Lipinski definition) is 7. The third-order valence-electron chi connectivity index (χ3n) is 3.36. The molecule has 0 spiro atoms. The third kappa shape index (κ3) is 4.07. The average Bonchev–Trinajstić information content (AvgIpc) is 3.15. The molecule has 0 unspecified atom stereocenters. The number of thiophene rings is 1. The summed E-state index contributed by atoms with van der Waals surface area (Å²) in [4.78, 5) is 9.89. The smallest absolute Gasteiger partial charge is 0.131 e. The Morgan fingerprint density at radius 2 is 2.33 bits per heavy atom. The van der Waals surface area contributed by atoms with Crippen LogP contribution in [0.4, 0.5) is 5.69 Å². The molecule has 0 fully saturated rings. The average molecular weight is 448 g/mol. The van der Waals surface area contributed by atoms with Crippen molar-refractivity contribution in [3.8, 4) is 0 Å². The van der Waals surface area contributed by atoms with E-state index in [1.807, 2.05) is 11.4 Å². The van der Waals surface area contributed by atoms with E-state index in [2.05, 4.69) is 31.2 Å². The number of fused-ring (bicyclic) bond motifs is 1. The van der Waals surface area contributed by atoms with Gasteiger partial charge < -0.3 is 15.8 Å². The van der Waals surface area contributed by atoms with Crippen molar-refractivity contribution in [1.82, 2.24) is 9.97 Å². The van der Waals surface area contributed by atoms with Crippen LogP contribution in [0, 0.1) is 0 Å². The highest BCUT2D eigenvalue weighted by Crippen LogP contribution is 2.40. The van der Waals surface area contributed by atoms with Crippen molar-refractivity contribution in [2.75, 3.05) is 19.0 Å². The molecule has 3 aromatic heterocycles. The molecule has 1 atom stereocenters. The zero-order chi connectivity index (χ0) is 17.1. The second-order valence-electron chi connectivity index (χ2n) is 5.21. The number of thiazole rings is 1. The molecule has 0 aromatic carbocycles. The number of nitrogens with two attached hydrogens (primary N) is 1. The fraction of sp³-hybridized carbons (Fsp3) is 0.333. The Labute approximate surface area is 161 Å². The lowest BCUT2D eigenvalue weighted by atomic mass is 10.2. The molecule has 128 valence electrons. The first-order valence-electron chi connectivity index (χ1n) is 7.22. The van der Waals surface area contributed by atoms with Gasteiger partial charge in [0.25, 0.3) is 0 Å². The fourth-order valence-corrected chi connectivity index (χ4v) is 5.13. The van der Waals surface area contributed by atoms with Crippen molar-refractivity contribution in [3.05, 3.63) is 37.2 Å². The second kappa shape index (κ2) is 8.07. The highest BCUT2D eigenvalue weighted by Gasteiger charge is 2.17. The van der Waals surface area contributed by atoms with E-state index in [1.165, 1.54) is 0 Å². The maximum Gasteiger partial charge on any atom is 0.131 e. The standard InChI is InChI=1S/C15H16BrClN4OS2/c1-22-7-8(18)4-10-13(16)14-15(24-10)9(5-11(17)21-14)20-6-12-19-2-3-23-12/h2-3,5,8H,4,6-7,18H2,1H3,(H,20,21)/t8-/m1/s1. The maximum absolute atomic E-state index is 6.20. The number of pyridine rings is 1. The van der Waals surface area contributed by atoms with Crippen LogP contribution in [0.2, 0.25) is 5.15 Å². The lowest BCUT2D eigenvalue weighted by Crippen LogP contribution is -2.27. The summed E-state index contributed by atoms with van der Waals surface area (Å²) in [6.45, 7) is 1.17. The van der Waals surface area contributed by atoms with Crippen LogP contribution in [-0.4, -0.2) is 29.7 Å². The fourth-order valence-electron chi connectivity index (χ4n) is 2.34. The van der Waals surface area contributed by atoms with Crippen LogP contribution >= 0.6 is 50.2 Å². The normalized spacial score (nSPS) is 12.7. The van der Waals surface area contributed by atoms with Crippen molar-refractivity contribution < 1.29 is 4.74 Å². The lowest BCUT2D eigenvalue weighted by Gasteiger charge is -2.08. The number of methoxy groups -OCH3 is 1. The van der Waals surface area contributed by atoms with Gasteiger partial charge in [0.15, 0.2) is 0 Å². The number of rotatable bonds is 7. The number of nitrogens with one attached hydrogen (secondary N) is 1. The van der Waals surface area contributed by atoms with Crippen molar-refractivity contribution >= 4 is 66.1 Å². The SMILES string of the molecule is COC[C@H](N)Cc1sc2c(NCc3nccs3)cc(Cl)nc2c1Br. The molecule has 0 saturated carbocycles. The number of nitrogens with zero attached hydrogens (tertiary/aromatic N) is 2. The van der Waals surface area contributed by atoms with Crippen LogP contribution in [-0.2, 0) is 17.7 Å². The van der Waals surface area contributed by atoms with Gasteiger partial charge in [-0.25, -0.2) is 9.97 Å². The lowest BCUT2D eigenvalue weighted by molar-refractivity contribution is 0.180. The molecule has 3 N–H and O–H groups in total. The first-order valence-corrected chi connectivity index (χ1v) is 10.1. The molecule has 0 aliphatic heterocycles. The molecule has 0 radical (unpaired) electrons. The van der Waals surface area contributed by atoms with Crippen LogP contribution in [0.25, 0.3) is 10.2 Å². The quantitative estimate of drug-likeness (QED) is 0.528. The van der Waals surface area contributed by atoms with E-state index in [-0.39, 0.29) is 6.04 Å². The van der Waals surface area contributed by atoms with Gasteiger partial charge in [-0.15, -0.1) is 22.7 Å². The van der Waals surface area contributed by atoms with Crippen molar-refractivity contribution in [2.24, 2.45) is 5.73 Å². The van der Waals surface area contributed by atoms with Crippen molar-refractivity contribution in [2.45, 2.75) is 19.0 Å². The maximum atomic E-state index is 6.20. The van der Waals surface area contributed by atoms with Gasteiger partial charge in [-0.2, -0.15) is 0 Å². The van der Waals surface area contributed by atoms with Crippen LogP contribution in [0.1, 0.15) is 9.88 Å². The minimum absolute atomic E-state index is 0.0541.